The molecule has 0 aliphatic carbocycles. The minimum absolute atomic E-state index is 0.0197. The number of halogens is 2. The van der Waals surface area contributed by atoms with Crippen LogP contribution in [0.2, 0.25) is 0 Å². The Bertz CT molecular complexity index is 439. The number of hydrogen-bond acceptors (Lipinski definition) is 2. The van der Waals surface area contributed by atoms with Crippen molar-refractivity contribution in [3.05, 3.63) is 34.1 Å². The lowest BCUT2D eigenvalue weighted by atomic mass is 10.1. The van der Waals surface area contributed by atoms with Crippen molar-refractivity contribution in [3.63, 3.8) is 0 Å². The zero-order valence-corrected chi connectivity index (χ0v) is 10.8. The Morgan fingerprint density at radius 2 is 2.35 bits per heavy atom. The highest BCUT2D eigenvalue weighted by Crippen LogP contribution is 2.22. The molecule has 1 aromatic carbocycles. The molecule has 0 radical (unpaired) electrons. The number of carbonyl (C=O) groups is 1. The highest BCUT2D eigenvalue weighted by molar-refractivity contribution is 9.10. The van der Waals surface area contributed by atoms with E-state index in [0.717, 1.165) is 12.8 Å². The predicted molar refractivity (Wildman–Crippen MR) is 65.2 cm³/mol. The number of nitrogens with zero attached hydrogens (tertiary/aromatic N) is 1. The number of likely N-dealkylation sites (tertiary alicyclic amines) is 1. The molecule has 5 heteroatoms. The predicted octanol–water partition coefficient (Wildman–Crippen LogP) is 2.19. The molecule has 1 atom stereocenters. The van der Waals surface area contributed by atoms with Crippen LogP contribution in [0.3, 0.4) is 0 Å². The Hall–Kier alpha value is -0.940. The lowest BCUT2D eigenvalue weighted by Crippen LogP contribution is -2.37. The molecule has 1 saturated heterocycles. The molecule has 0 bridgehead atoms. The summed E-state index contributed by atoms with van der Waals surface area (Å²) in [6, 6.07) is 4.10. The first-order chi connectivity index (χ1) is 8.13. The summed E-state index contributed by atoms with van der Waals surface area (Å²) in [6.45, 7) is 0.632. The van der Waals surface area contributed by atoms with Crippen LogP contribution in [0.25, 0.3) is 0 Å². The van der Waals surface area contributed by atoms with Crippen molar-refractivity contribution >= 4 is 21.8 Å². The number of benzene rings is 1. The van der Waals surface area contributed by atoms with E-state index in [2.05, 4.69) is 15.9 Å². The van der Waals surface area contributed by atoms with Crippen LogP contribution < -0.4 is 0 Å². The second kappa shape index (κ2) is 5.14. The van der Waals surface area contributed by atoms with Gasteiger partial charge in [-0.3, -0.25) is 4.79 Å². The molecule has 0 saturated carbocycles. The average Bonchev–Trinajstić information content (AvgIpc) is 2.80. The molecule has 0 spiro atoms. The summed E-state index contributed by atoms with van der Waals surface area (Å²) in [5.74, 6) is -0.538. The van der Waals surface area contributed by atoms with E-state index in [1.54, 1.807) is 4.90 Å². The van der Waals surface area contributed by atoms with Crippen LogP contribution in [0.1, 0.15) is 23.2 Å². The number of amides is 1. The minimum atomic E-state index is -0.387. The van der Waals surface area contributed by atoms with Crippen molar-refractivity contribution in [2.75, 3.05) is 13.2 Å². The van der Waals surface area contributed by atoms with Gasteiger partial charge in [-0.25, -0.2) is 4.39 Å². The third kappa shape index (κ3) is 2.50. The van der Waals surface area contributed by atoms with Crippen molar-refractivity contribution in [1.82, 2.24) is 4.90 Å². The van der Waals surface area contributed by atoms with E-state index in [1.807, 2.05) is 0 Å². The Morgan fingerprint density at radius 1 is 1.59 bits per heavy atom. The largest absolute Gasteiger partial charge is 0.394 e. The fourth-order valence-corrected chi connectivity index (χ4v) is 2.47. The average molecular weight is 302 g/mol. The molecule has 1 unspecified atom stereocenters. The van der Waals surface area contributed by atoms with E-state index >= 15 is 0 Å². The van der Waals surface area contributed by atoms with Crippen molar-refractivity contribution in [2.24, 2.45) is 0 Å². The van der Waals surface area contributed by atoms with Gasteiger partial charge in [-0.1, -0.05) is 0 Å². The van der Waals surface area contributed by atoms with Gasteiger partial charge in [-0.2, -0.15) is 0 Å². The van der Waals surface area contributed by atoms with Gasteiger partial charge in [0.2, 0.25) is 0 Å². The van der Waals surface area contributed by atoms with Crippen molar-refractivity contribution in [1.29, 1.82) is 0 Å². The molecule has 1 fully saturated rings. The smallest absolute Gasteiger partial charge is 0.254 e. The number of hydrogen-bond donors (Lipinski definition) is 1. The molecule has 3 nitrogen and oxygen atoms in total. The van der Waals surface area contributed by atoms with Gasteiger partial charge in [-0.15, -0.1) is 0 Å². The maximum atomic E-state index is 13.1. The zero-order valence-electron chi connectivity index (χ0n) is 9.20. The molecule has 2 rings (SSSR count). The van der Waals surface area contributed by atoms with Gasteiger partial charge in [0.1, 0.15) is 5.82 Å². The fourth-order valence-electron chi connectivity index (χ4n) is 2.09. The Labute approximate surface area is 107 Å². The van der Waals surface area contributed by atoms with Crippen LogP contribution in [0.4, 0.5) is 4.39 Å². The van der Waals surface area contributed by atoms with Gasteiger partial charge in [0.25, 0.3) is 5.91 Å². The number of aliphatic hydroxyl groups is 1. The monoisotopic (exact) mass is 301 g/mol. The maximum Gasteiger partial charge on any atom is 0.254 e. The van der Waals surface area contributed by atoms with E-state index < -0.39 is 0 Å². The molecule has 1 amide bonds. The summed E-state index contributed by atoms with van der Waals surface area (Å²) in [4.78, 5) is 13.8. The Balaban J connectivity index is 2.21. The fraction of sp³-hybridized carbons (Fsp3) is 0.417. The first-order valence-electron chi connectivity index (χ1n) is 5.50. The minimum Gasteiger partial charge on any atom is -0.394 e. The number of rotatable bonds is 2. The summed E-state index contributed by atoms with van der Waals surface area (Å²) in [6.07, 6.45) is 1.73. The molecule has 92 valence electrons. The maximum absolute atomic E-state index is 13.1. The summed E-state index contributed by atoms with van der Waals surface area (Å²) in [5, 5.41) is 9.17. The van der Waals surface area contributed by atoms with Gasteiger partial charge in [0.15, 0.2) is 0 Å². The van der Waals surface area contributed by atoms with Gasteiger partial charge < -0.3 is 10.0 Å². The van der Waals surface area contributed by atoms with Gasteiger partial charge in [-0.05, 0) is 47.0 Å². The first-order valence-corrected chi connectivity index (χ1v) is 6.29. The van der Waals surface area contributed by atoms with Gasteiger partial charge in [0, 0.05) is 12.1 Å². The van der Waals surface area contributed by atoms with Crippen molar-refractivity contribution < 1.29 is 14.3 Å². The van der Waals surface area contributed by atoms with Crippen LogP contribution in [0, 0.1) is 5.82 Å². The summed E-state index contributed by atoms with van der Waals surface area (Å²) < 4.78 is 13.4. The second-order valence-corrected chi connectivity index (χ2v) is 4.96. The molecule has 0 aromatic heterocycles. The molecule has 1 aromatic rings. The number of aliphatic hydroxyl groups excluding tert-OH is 1. The lowest BCUT2D eigenvalue weighted by Gasteiger charge is -2.23. The topological polar surface area (TPSA) is 40.5 Å². The third-order valence-electron chi connectivity index (χ3n) is 3.02. The molecule has 1 aliphatic rings. The SMILES string of the molecule is O=C(c1ccc(F)c(Br)c1)N1CCCC1CO. The molecule has 1 N–H and O–H groups in total. The van der Waals surface area contributed by atoms with Crippen LogP contribution in [-0.4, -0.2) is 35.1 Å². The summed E-state index contributed by atoms with van der Waals surface area (Å²) in [7, 11) is 0. The highest BCUT2D eigenvalue weighted by Gasteiger charge is 2.28. The second-order valence-electron chi connectivity index (χ2n) is 4.11. The third-order valence-corrected chi connectivity index (χ3v) is 3.62. The van der Waals surface area contributed by atoms with E-state index in [-0.39, 0.29) is 28.8 Å². The van der Waals surface area contributed by atoms with E-state index in [4.69, 9.17) is 5.11 Å². The van der Waals surface area contributed by atoms with Crippen molar-refractivity contribution in [2.45, 2.75) is 18.9 Å². The molecule has 1 aliphatic heterocycles. The lowest BCUT2D eigenvalue weighted by molar-refractivity contribution is 0.0677. The van der Waals surface area contributed by atoms with E-state index in [0.29, 0.717) is 12.1 Å². The Kier molecular flexibility index (Phi) is 3.79. The van der Waals surface area contributed by atoms with Crippen LogP contribution in [0.15, 0.2) is 22.7 Å². The zero-order chi connectivity index (χ0) is 12.4. The van der Waals surface area contributed by atoms with Gasteiger partial charge >= 0.3 is 0 Å². The van der Waals surface area contributed by atoms with Crippen LogP contribution in [-0.2, 0) is 0 Å². The first kappa shape index (κ1) is 12.5. The summed E-state index contributed by atoms with van der Waals surface area (Å²) >= 11 is 3.06. The normalized spacial score (nSPS) is 19.7. The van der Waals surface area contributed by atoms with Gasteiger partial charge in [0.05, 0.1) is 17.1 Å². The molecular weight excluding hydrogens is 289 g/mol. The van der Waals surface area contributed by atoms with Crippen LogP contribution >= 0.6 is 15.9 Å². The van der Waals surface area contributed by atoms with E-state index in [1.165, 1.54) is 18.2 Å². The Morgan fingerprint density at radius 3 is 3.00 bits per heavy atom. The highest BCUT2D eigenvalue weighted by atomic mass is 79.9. The molecular formula is C12H13BrFNO2. The van der Waals surface area contributed by atoms with E-state index in [9.17, 15) is 9.18 Å². The quantitative estimate of drug-likeness (QED) is 0.910. The molecule has 17 heavy (non-hydrogen) atoms. The summed E-state index contributed by atoms with van der Waals surface area (Å²) in [5.41, 5.74) is 0.443. The number of carbonyl (C=O) groups excluding carboxylic acids is 1. The van der Waals surface area contributed by atoms with Crippen molar-refractivity contribution in [3.8, 4) is 0 Å². The standard InChI is InChI=1S/C12H13BrFNO2/c13-10-6-8(3-4-11(10)14)12(17)15-5-1-2-9(15)7-16/h3-4,6,9,16H,1-2,5,7H2. The molecule has 1 heterocycles. The van der Waals surface area contributed by atoms with Crippen LogP contribution in [0.5, 0.6) is 0 Å².